The maximum Gasteiger partial charge on any atom is 0.157 e. The third-order valence-electron chi connectivity index (χ3n) is 2.30. The van der Waals surface area contributed by atoms with E-state index < -0.39 is 0 Å². The summed E-state index contributed by atoms with van der Waals surface area (Å²) in [7, 11) is 0. The number of carbonyl (C=O) groups is 1. The van der Waals surface area contributed by atoms with E-state index in [-0.39, 0.29) is 5.78 Å². The molecule has 2 heteroatoms. The third-order valence-corrected chi connectivity index (χ3v) is 2.30. The molecule has 78 valence electrons. The second kappa shape index (κ2) is 4.99. The van der Waals surface area contributed by atoms with Crippen LogP contribution in [-0.2, 0) is 4.79 Å². The number of Topliss-reactive ketones (excluding diaryl/α,β-unsaturated/α-hetero) is 1. The highest BCUT2D eigenvalue weighted by molar-refractivity contribution is 5.93. The second-order valence-electron chi connectivity index (χ2n) is 4.14. The fourth-order valence-electron chi connectivity index (χ4n) is 1.45. The monoisotopic (exact) mass is 193 g/mol. The molecule has 0 amide bonds. The van der Waals surface area contributed by atoms with Gasteiger partial charge in [-0.25, -0.2) is 0 Å². The van der Waals surface area contributed by atoms with Gasteiger partial charge in [0.2, 0.25) is 0 Å². The number of ketones is 1. The molecular weight excluding hydrogens is 174 g/mol. The van der Waals surface area contributed by atoms with Crippen LogP contribution in [0.2, 0.25) is 0 Å². The van der Waals surface area contributed by atoms with Gasteiger partial charge in [0.1, 0.15) is 0 Å². The van der Waals surface area contributed by atoms with Gasteiger partial charge in [-0.3, -0.25) is 4.79 Å². The van der Waals surface area contributed by atoms with Crippen molar-refractivity contribution in [1.29, 1.82) is 0 Å². The Labute approximate surface area is 86.3 Å². The maximum atomic E-state index is 11.2. The minimum absolute atomic E-state index is 0.202. The number of nitrogens with zero attached hydrogens (tertiary/aromatic N) is 1. The maximum absolute atomic E-state index is 11.2. The molecule has 1 aliphatic rings. The Kier molecular flexibility index (Phi) is 3.93. The van der Waals surface area contributed by atoms with E-state index in [2.05, 4.69) is 31.0 Å². The van der Waals surface area contributed by atoms with Gasteiger partial charge in [0.25, 0.3) is 0 Å². The Morgan fingerprint density at radius 1 is 1.57 bits per heavy atom. The van der Waals surface area contributed by atoms with Crippen LogP contribution in [0.3, 0.4) is 0 Å². The Morgan fingerprint density at radius 3 is 2.86 bits per heavy atom. The summed E-state index contributed by atoms with van der Waals surface area (Å²) >= 11 is 0. The first-order valence-corrected chi connectivity index (χ1v) is 5.25. The average molecular weight is 193 g/mol. The molecule has 0 atom stereocenters. The molecule has 0 saturated heterocycles. The predicted octanol–water partition coefficient (Wildman–Crippen LogP) is 2.72. The minimum atomic E-state index is 0.202. The second-order valence-corrected chi connectivity index (χ2v) is 4.14. The van der Waals surface area contributed by atoms with Gasteiger partial charge in [0, 0.05) is 18.3 Å². The van der Waals surface area contributed by atoms with Crippen molar-refractivity contribution in [3.05, 3.63) is 24.0 Å². The quantitative estimate of drug-likeness (QED) is 0.687. The molecular formula is C12H19NO. The highest BCUT2D eigenvalue weighted by Gasteiger charge is 2.11. The lowest BCUT2D eigenvalue weighted by Gasteiger charge is -2.22. The smallest absolute Gasteiger partial charge is 0.157 e. The third kappa shape index (κ3) is 3.36. The van der Waals surface area contributed by atoms with Crippen LogP contribution < -0.4 is 0 Å². The Hall–Kier alpha value is -1.05. The van der Waals surface area contributed by atoms with Crippen molar-refractivity contribution in [3.8, 4) is 0 Å². The highest BCUT2D eigenvalue weighted by atomic mass is 16.1. The van der Waals surface area contributed by atoms with Gasteiger partial charge in [-0.1, -0.05) is 19.9 Å². The lowest BCUT2D eigenvalue weighted by atomic mass is 10.0. The van der Waals surface area contributed by atoms with Crippen LogP contribution in [0, 0.1) is 5.92 Å². The molecule has 0 bridgehead atoms. The Balaban J connectivity index is 2.63. The zero-order valence-corrected chi connectivity index (χ0v) is 9.29. The number of hydrogen-bond donors (Lipinski definition) is 0. The van der Waals surface area contributed by atoms with Gasteiger partial charge >= 0.3 is 0 Å². The summed E-state index contributed by atoms with van der Waals surface area (Å²) in [4.78, 5) is 13.3. The van der Waals surface area contributed by atoms with Crippen molar-refractivity contribution < 1.29 is 4.79 Å². The standard InChI is InChI=1S/C12H19NO/c1-10(2)6-8-13-7-4-5-12(9-13)11(3)14/h6,8-10H,4-5,7H2,1-3H3. The zero-order valence-electron chi connectivity index (χ0n) is 9.29. The first-order valence-electron chi connectivity index (χ1n) is 5.25. The molecule has 0 N–H and O–H groups in total. The van der Waals surface area contributed by atoms with E-state index in [0.717, 1.165) is 25.0 Å². The summed E-state index contributed by atoms with van der Waals surface area (Å²) in [5.41, 5.74) is 0.949. The summed E-state index contributed by atoms with van der Waals surface area (Å²) in [6.07, 6.45) is 8.21. The van der Waals surface area contributed by atoms with Crippen molar-refractivity contribution in [1.82, 2.24) is 4.90 Å². The molecule has 0 radical (unpaired) electrons. The lowest BCUT2D eigenvalue weighted by molar-refractivity contribution is -0.113. The molecule has 0 aliphatic carbocycles. The number of carbonyl (C=O) groups excluding carboxylic acids is 1. The lowest BCUT2D eigenvalue weighted by Crippen LogP contribution is -2.19. The molecule has 1 heterocycles. The van der Waals surface area contributed by atoms with Crippen LogP contribution in [0.4, 0.5) is 0 Å². The zero-order chi connectivity index (χ0) is 10.6. The van der Waals surface area contributed by atoms with Gasteiger partial charge in [-0.2, -0.15) is 0 Å². The van der Waals surface area contributed by atoms with Gasteiger partial charge in [-0.15, -0.1) is 0 Å². The predicted molar refractivity (Wildman–Crippen MR) is 58.7 cm³/mol. The molecule has 14 heavy (non-hydrogen) atoms. The van der Waals surface area contributed by atoms with Crippen LogP contribution in [0.15, 0.2) is 24.0 Å². The first kappa shape index (κ1) is 11.0. The number of allylic oxidation sites excluding steroid dienone is 2. The molecule has 0 spiro atoms. The molecule has 0 fully saturated rings. The molecule has 0 aromatic rings. The SMILES string of the molecule is CC(=O)C1=CN(C=CC(C)C)CCC1. The largest absolute Gasteiger partial charge is 0.354 e. The van der Waals surface area contributed by atoms with Crippen molar-refractivity contribution in [2.24, 2.45) is 5.92 Å². The molecule has 0 aromatic carbocycles. The van der Waals surface area contributed by atoms with Crippen molar-refractivity contribution in [2.45, 2.75) is 33.6 Å². The van der Waals surface area contributed by atoms with Crippen LogP contribution in [0.5, 0.6) is 0 Å². The molecule has 0 aromatic heterocycles. The molecule has 1 aliphatic heterocycles. The van der Waals surface area contributed by atoms with Crippen LogP contribution in [0.1, 0.15) is 33.6 Å². The number of rotatable bonds is 3. The van der Waals surface area contributed by atoms with Gasteiger partial charge in [-0.05, 0) is 31.9 Å². The van der Waals surface area contributed by atoms with E-state index in [1.165, 1.54) is 0 Å². The topological polar surface area (TPSA) is 20.3 Å². The van der Waals surface area contributed by atoms with Crippen LogP contribution in [-0.4, -0.2) is 17.2 Å². The van der Waals surface area contributed by atoms with E-state index >= 15 is 0 Å². The van der Waals surface area contributed by atoms with Crippen molar-refractivity contribution >= 4 is 5.78 Å². The van der Waals surface area contributed by atoms with E-state index in [1.54, 1.807) is 6.92 Å². The fraction of sp³-hybridized carbons (Fsp3) is 0.583. The summed E-state index contributed by atoms with van der Waals surface area (Å²) in [5, 5.41) is 0. The average Bonchev–Trinajstić information content (AvgIpc) is 2.15. The molecule has 1 rings (SSSR count). The van der Waals surface area contributed by atoms with E-state index in [0.29, 0.717) is 5.92 Å². The van der Waals surface area contributed by atoms with Gasteiger partial charge in [0.05, 0.1) is 0 Å². The first-order chi connectivity index (χ1) is 6.59. The summed E-state index contributed by atoms with van der Waals surface area (Å²) in [6, 6.07) is 0. The highest BCUT2D eigenvalue weighted by Crippen LogP contribution is 2.15. The fourth-order valence-corrected chi connectivity index (χ4v) is 1.45. The van der Waals surface area contributed by atoms with Crippen LogP contribution in [0.25, 0.3) is 0 Å². The minimum Gasteiger partial charge on any atom is -0.354 e. The Morgan fingerprint density at radius 2 is 2.29 bits per heavy atom. The molecule has 0 unspecified atom stereocenters. The summed E-state index contributed by atoms with van der Waals surface area (Å²) < 4.78 is 0. The van der Waals surface area contributed by atoms with E-state index in [9.17, 15) is 4.79 Å². The van der Waals surface area contributed by atoms with E-state index in [4.69, 9.17) is 0 Å². The Bertz CT molecular complexity index is 263. The van der Waals surface area contributed by atoms with Crippen molar-refractivity contribution in [2.75, 3.05) is 6.54 Å². The van der Waals surface area contributed by atoms with Crippen LogP contribution >= 0.6 is 0 Å². The summed E-state index contributed by atoms with van der Waals surface area (Å²) in [5.74, 6) is 0.763. The number of hydrogen-bond acceptors (Lipinski definition) is 2. The summed E-state index contributed by atoms with van der Waals surface area (Å²) in [6.45, 7) is 6.97. The molecule has 0 saturated carbocycles. The van der Waals surface area contributed by atoms with Gasteiger partial charge in [0.15, 0.2) is 5.78 Å². The normalized spacial score (nSPS) is 17.7. The van der Waals surface area contributed by atoms with Crippen molar-refractivity contribution in [3.63, 3.8) is 0 Å². The molecule has 2 nitrogen and oxygen atoms in total. The van der Waals surface area contributed by atoms with E-state index in [1.807, 2.05) is 6.20 Å². The van der Waals surface area contributed by atoms with Gasteiger partial charge < -0.3 is 4.90 Å².